The standard InChI is InChI=1S/C21H33N2P/c1-14(2)22(15(3)4)19-20(23(16(5)6)17(7)8)21(19)24-18-12-10-9-11-13-18/h9-17H,1-8H3. The number of rotatable bonds is 7. The Morgan fingerprint density at radius 1 is 0.625 bits per heavy atom. The van der Waals surface area contributed by atoms with Crippen molar-refractivity contribution in [2.45, 2.75) is 79.6 Å². The van der Waals surface area contributed by atoms with Gasteiger partial charge >= 0.3 is 0 Å². The highest BCUT2D eigenvalue weighted by atomic mass is 31.1. The van der Waals surface area contributed by atoms with Crippen molar-refractivity contribution in [3.63, 3.8) is 0 Å². The van der Waals surface area contributed by atoms with Crippen molar-refractivity contribution >= 4 is 24.9 Å². The molecule has 0 atom stereocenters. The molecule has 0 aliphatic carbocycles. The molecule has 0 aliphatic heterocycles. The lowest BCUT2D eigenvalue weighted by Crippen LogP contribution is -2.38. The van der Waals surface area contributed by atoms with E-state index in [9.17, 15) is 0 Å². The van der Waals surface area contributed by atoms with Crippen molar-refractivity contribution in [1.29, 1.82) is 0 Å². The fourth-order valence-electron chi connectivity index (χ4n) is 3.61. The fraction of sp³-hybridized carbons (Fsp3) is 0.571. The van der Waals surface area contributed by atoms with Gasteiger partial charge in [-0.25, -0.2) is 0 Å². The van der Waals surface area contributed by atoms with E-state index < -0.39 is 0 Å². The van der Waals surface area contributed by atoms with Crippen LogP contribution in [0.15, 0.2) is 30.3 Å². The highest BCUT2D eigenvalue weighted by Crippen LogP contribution is 2.50. The average Bonchev–Trinajstić information content (AvgIpc) is 3.11. The molecule has 2 aromatic carbocycles. The van der Waals surface area contributed by atoms with Crippen molar-refractivity contribution in [3.05, 3.63) is 35.3 Å². The molecule has 0 spiro atoms. The van der Waals surface area contributed by atoms with Crippen LogP contribution >= 0.6 is 8.20 Å². The van der Waals surface area contributed by atoms with Crippen molar-refractivity contribution in [2.24, 2.45) is 0 Å². The molecule has 0 fully saturated rings. The molecule has 0 saturated heterocycles. The van der Waals surface area contributed by atoms with Crippen molar-refractivity contribution in [2.75, 3.05) is 9.80 Å². The lowest BCUT2D eigenvalue weighted by atomic mass is 10.2. The Labute approximate surface area is 150 Å². The van der Waals surface area contributed by atoms with Gasteiger partial charge in [0.15, 0.2) is 0 Å². The maximum Gasteiger partial charge on any atom is 0.0762 e. The number of hydrogen-bond acceptors (Lipinski definition) is 2. The smallest absolute Gasteiger partial charge is 0.0762 e. The van der Waals surface area contributed by atoms with Gasteiger partial charge in [0.05, 0.1) is 16.3 Å². The molecule has 132 valence electrons. The van der Waals surface area contributed by atoms with Crippen LogP contribution in [0, 0.1) is 4.94 Å². The van der Waals surface area contributed by atoms with Crippen molar-refractivity contribution < 1.29 is 0 Å². The van der Waals surface area contributed by atoms with Crippen LogP contribution < -0.4 is 15.1 Å². The molecule has 2 aromatic rings. The number of anilines is 2. The van der Waals surface area contributed by atoms with Crippen LogP contribution in [0.1, 0.15) is 55.4 Å². The molecule has 0 saturated carbocycles. The Kier molecular flexibility index (Phi) is 6.15. The van der Waals surface area contributed by atoms with Gasteiger partial charge in [-0.1, -0.05) is 38.5 Å². The molecule has 0 aliphatic rings. The van der Waals surface area contributed by atoms with E-state index >= 15 is 0 Å². The maximum absolute atomic E-state index is 2.58. The summed E-state index contributed by atoms with van der Waals surface area (Å²) in [5.74, 6) is 0. The maximum atomic E-state index is 2.58. The van der Waals surface area contributed by atoms with Crippen LogP contribution in [0.4, 0.5) is 11.4 Å². The third-order valence-corrected chi connectivity index (χ3v) is 5.55. The van der Waals surface area contributed by atoms with Gasteiger partial charge in [0, 0.05) is 29.5 Å². The van der Waals surface area contributed by atoms with E-state index in [0.29, 0.717) is 24.2 Å². The minimum atomic E-state index is 0.514. The van der Waals surface area contributed by atoms with Crippen LogP contribution in [-0.2, 0) is 0 Å². The van der Waals surface area contributed by atoms with Crippen molar-refractivity contribution in [3.8, 4) is 0 Å². The summed E-state index contributed by atoms with van der Waals surface area (Å²) >= 11 is 0. The Hall–Kier alpha value is -1.27. The SMILES string of the molecule is CC(C)N(c1c(N(C(C)C)C(C)C)c1=Pc1ccccc1)C(C)C. The van der Waals surface area contributed by atoms with E-state index in [2.05, 4.69) is 95.5 Å². The van der Waals surface area contributed by atoms with Gasteiger partial charge in [-0.2, -0.15) is 0 Å². The van der Waals surface area contributed by atoms with Gasteiger partial charge in [0.1, 0.15) is 0 Å². The van der Waals surface area contributed by atoms with E-state index in [1.807, 2.05) is 0 Å². The summed E-state index contributed by atoms with van der Waals surface area (Å²) in [6.45, 7) is 18.4. The topological polar surface area (TPSA) is 6.48 Å². The van der Waals surface area contributed by atoms with E-state index in [-0.39, 0.29) is 0 Å². The summed E-state index contributed by atoms with van der Waals surface area (Å²) in [7, 11) is 1.33. The van der Waals surface area contributed by atoms with E-state index in [1.165, 1.54) is 29.8 Å². The summed E-state index contributed by atoms with van der Waals surface area (Å²) in [5.41, 5.74) is 2.96. The largest absolute Gasteiger partial charge is 0.364 e. The lowest BCUT2D eigenvalue weighted by Gasteiger charge is -2.33. The molecule has 0 radical (unpaired) electrons. The zero-order valence-corrected chi connectivity index (χ0v) is 17.4. The zero-order valence-electron chi connectivity index (χ0n) is 16.5. The van der Waals surface area contributed by atoms with Crippen molar-refractivity contribution in [1.82, 2.24) is 0 Å². The fourth-order valence-corrected chi connectivity index (χ4v) is 4.79. The first-order valence-corrected chi connectivity index (χ1v) is 10.1. The first-order chi connectivity index (χ1) is 11.3. The van der Waals surface area contributed by atoms with Gasteiger partial charge < -0.3 is 9.80 Å². The highest BCUT2D eigenvalue weighted by Gasteiger charge is 2.34. The third kappa shape index (κ3) is 4.03. The second-order valence-corrected chi connectivity index (χ2v) is 8.87. The summed E-state index contributed by atoms with van der Waals surface area (Å²) in [6, 6.07) is 12.9. The van der Waals surface area contributed by atoms with E-state index in [4.69, 9.17) is 0 Å². The van der Waals surface area contributed by atoms with Crippen LogP contribution in [0.25, 0.3) is 0 Å². The molecule has 0 aromatic heterocycles. The number of nitrogens with zero attached hydrogens (tertiary/aromatic N) is 2. The van der Waals surface area contributed by atoms with E-state index in [1.54, 1.807) is 0 Å². The van der Waals surface area contributed by atoms with Gasteiger partial charge in [-0.3, -0.25) is 0 Å². The van der Waals surface area contributed by atoms with Gasteiger partial charge in [0.25, 0.3) is 0 Å². The molecule has 2 rings (SSSR count). The Morgan fingerprint density at radius 2 is 1.00 bits per heavy atom. The van der Waals surface area contributed by atoms with Gasteiger partial charge in [-0.15, -0.1) is 0 Å². The predicted octanol–water partition coefficient (Wildman–Crippen LogP) is 5.61. The van der Waals surface area contributed by atoms with Crippen LogP contribution in [0.2, 0.25) is 0 Å². The molecule has 0 amide bonds. The first-order valence-electron chi connectivity index (χ1n) is 9.21. The molecule has 0 bridgehead atoms. The third-order valence-electron chi connectivity index (χ3n) is 4.35. The molecule has 3 heteroatoms. The predicted molar refractivity (Wildman–Crippen MR) is 111 cm³/mol. The zero-order chi connectivity index (χ0) is 18.0. The molecule has 0 unspecified atom stereocenters. The Morgan fingerprint density at radius 3 is 1.33 bits per heavy atom. The highest BCUT2D eigenvalue weighted by molar-refractivity contribution is 7.39. The molecule has 2 nitrogen and oxygen atoms in total. The Bertz CT molecular complexity index is 610. The second-order valence-electron chi connectivity index (χ2n) is 7.68. The summed E-state index contributed by atoms with van der Waals surface area (Å²) in [5, 5.41) is 1.37. The Balaban J connectivity index is 2.56. The molecule has 24 heavy (non-hydrogen) atoms. The minimum absolute atomic E-state index is 0.514. The average molecular weight is 344 g/mol. The monoisotopic (exact) mass is 344 g/mol. The van der Waals surface area contributed by atoms with Crippen LogP contribution in [0.3, 0.4) is 0 Å². The lowest BCUT2D eigenvalue weighted by molar-refractivity contribution is 0.598. The first kappa shape index (κ1) is 19.1. The van der Waals surface area contributed by atoms with Gasteiger partial charge in [-0.05, 0) is 55.4 Å². The molecular formula is C21H33N2P. The van der Waals surface area contributed by atoms with Gasteiger partial charge in [0.2, 0.25) is 0 Å². The molecule has 0 N–H and O–H groups in total. The number of hydrogen-bond donors (Lipinski definition) is 0. The quantitative estimate of drug-likeness (QED) is 0.602. The summed E-state index contributed by atoms with van der Waals surface area (Å²) in [6.07, 6.45) is 0. The second kappa shape index (κ2) is 7.74. The number of benzene rings is 1. The van der Waals surface area contributed by atoms with Crippen LogP contribution in [0.5, 0.6) is 0 Å². The summed E-state index contributed by atoms with van der Waals surface area (Å²) in [4.78, 5) is 6.67. The summed E-state index contributed by atoms with van der Waals surface area (Å²) < 4.78 is 0. The molecule has 0 heterocycles. The molecular weight excluding hydrogens is 311 g/mol. The normalized spacial score (nSPS) is 12.3. The van der Waals surface area contributed by atoms with Crippen LogP contribution in [-0.4, -0.2) is 24.2 Å². The minimum Gasteiger partial charge on any atom is -0.364 e. The van der Waals surface area contributed by atoms with E-state index in [0.717, 1.165) is 0 Å².